The van der Waals surface area contributed by atoms with Crippen molar-refractivity contribution in [2.24, 2.45) is 0 Å². The summed E-state index contributed by atoms with van der Waals surface area (Å²) in [6, 6.07) is 16.3. The molecule has 0 fully saturated rings. The smallest absolute Gasteiger partial charge is 0.332 e. The van der Waals surface area contributed by atoms with Crippen molar-refractivity contribution in [1.82, 2.24) is 14.5 Å². The molecule has 1 N–H and O–H groups in total. The zero-order valence-electron chi connectivity index (χ0n) is 18.9. The van der Waals surface area contributed by atoms with Crippen LogP contribution in [0.5, 0.6) is 11.5 Å². The van der Waals surface area contributed by atoms with Crippen LogP contribution in [0.2, 0.25) is 0 Å². The van der Waals surface area contributed by atoms with Gasteiger partial charge in [-0.2, -0.15) is 0 Å². The number of fused-ring (bicyclic) bond motifs is 1. The van der Waals surface area contributed by atoms with Gasteiger partial charge in [-0.3, -0.25) is 18.7 Å². The monoisotopic (exact) mass is 479 g/mol. The van der Waals surface area contributed by atoms with Crippen molar-refractivity contribution in [3.8, 4) is 11.5 Å². The van der Waals surface area contributed by atoms with E-state index in [1.54, 1.807) is 30.7 Å². The van der Waals surface area contributed by atoms with Crippen LogP contribution >= 0.6 is 11.3 Å². The molecule has 1 amide bonds. The summed E-state index contributed by atoms with van der Waals surface area (Å²) in [5, 5.41) is 4.58. The lowest BCUT2D eigenvalue weighted by atomic mass is 10.2. The topological polar surface area (TPSA) is 91.6 Å². The Labute approximate surface area is 200 Å². The van der Waals surface area contributed by atoms with Crippen molar-refractivity contribution in [2.75, 3.05) is 13.7 Å². The van der Waals surface area contributed by atoms with Crippen molar-refractivity contribution in [2.45, 2.75) is 26.6 Å². The van der Waals surface area contributed by atoms with Gasteiger partial charge in [0.1, 0.15) is 22.7 Å². The van der Waals surface area contributed by atoms with E-state index in [4.69, 9.17) is 9.47 Å². The quantitative estimate of drug-likeness (QED) is 0.399. The summed E-state index contributed by atoms with van der Waals surface area (Å²) < 4.78 is 13.7. The third-order valence-electron chi connectivity index (χ3n) is 5.38. The largest absolute Gasteiger partial charge is 0.496 e. The molecule has 34 heavy (non-hydrogen) atoms. The lowest BCUT2D eigenvalue weighted by molar-refractivity contribution is -0.121. The minimum atomic E-state index is -0.530. The second-order valence-electron chi connectivity index (χ2n) is 7.56. The maximum Gasteiger partial charge on any atom is 0.332 e. The molecule has 2 heterocycles. The zero-order chi connectivity index (χ0) is 24.1. The van der Waals surface area contributed by atoms with E-state index >= 15 is 0 Å². The summed E-state index contributed by atoms with van der Waals surface area (Å²) >= 11 is 1.25. The molecule has 8 nitrogen and oxygen atoms in total. The highest BCUT2D eigenvalue weighted by atomic mass is 32.1. The van der Waals surface area contributed by atoms with Gasteiger partial charge < -0.3 is 14.8 Å². The van der Waals surface area contributed by atoms with E-state index < -0.39 is 5.69 Å². The first kappa shape index (κ1) is 23.3. The Kier molecular flexibility index (Phi) is 7.12. The SMILES string of the molecule is CCOc1ccc(Cn2c(=O)c3sccc3n(CC(=O)NCc3ccccc3OC)c2=O)cc1. The molecular weight excluding hydrogens is 454 g/mol. The number of carbonyl (C=O) groups is 1. The third-order valence-corrected chi connectivity index (χ3v) is 6.27. The fourth-order valence-corrected chi connectivity index (χ4v) is 4.55. The van der Waals surface area contributed by atoms with Crippen LogP contribution in [0.1, 0.15) is 18.1 Å². The molecule has 0 aliphatic carbocycles. The molecule has 0 saturated heterocycles. The molecule has 0 aliphatic rings. The fourth-order valence-electron chi connectivity index (χ4n) is 3.71. The van der Waals surface area contributed by atoms with E-state index in [1.165, 1.54) is 20.5 Å². The molecule has 0 radical (unpaired) electrons. The molecule has 0 saturated carbocycles. The van der Waals surface area contributed by atoms with Crippen molar-refractivity contribution < 1.29 is 14.3 Å². The highest BCUT2D eigenvalue weighted by molar-refractivity contribution is 7.17. The third kappa shape index (κ3) is 4.89. The van der Waals surface area contributed by atoms with Crippen LogP contribution in [0.15, 0.2) is 69.6 Å². The number of ether oxygens (including phenoxy) is 2. The first-order valence-electron chi connectivity index (χ1n) is 10.8. The predicted octanol–water partition coefficient (Wildman–Crippen LogP) is 3.00. The van der Waals surface area contributed by atoms with Crippen molar-refractivity contribution in [3.63, 3.8) is 0 Å². The highest BCUT2D eigenvalue weighted by Crippen LogP contribution is 2.18. The molecule has 0 spiro atoms. The number of methoxy groups -OCH3 is 1. The van der Waals surface area contributed by atoms with E-state index in [1.807, 2.05) is 43.3 Å². The van der Waals surface area contributed by atoms with Gasteiger partial charge in [-0.25, -0.2) is 4.79 Å². The molecule has 2 aromatic carbocycles. The predicted molar refractivity (Wildman–Crippen MR) is 132 cm³/mol. The Hall–Kier alpha value is -3.85. The van der Waals surface area contributed by atoms with Gasteiger partial charge in [-0.1, -0.05) is 30.3 Å². The minimum Gasteiger partial charge on any atom is -0.496 e. The number of rotatable bonds is 9. The molecule has 0 unspecified atom stereocenters. The maximum absolute atomic E-state index is 13.3. The molecule has 4 rings (SSSR count). The zero-order valence-corrected chi connectivity index (χ0v) is 19.8. The highest BCUT2D eigenvalue weighted by Gasteiger charge is 2.17. The molecular formula is C25H25N3O5S. The summed E-state index contributed by atoms with van der Waals surface area (Å²) in [6.07, 6.45) is 0. The van der Waals surface area contributed by atoms with Gasteiger partial charge in [0.2, 0.25) is 5.91 Å². The fraction of sp³-hybridized carbons (Fsp3) is 0.240. The van der Waals surface area contributed by atoms with Gasteiger partial charge in [0, 0.05) is 12.1 Å². The average molecular weight is 480 g/mol. The number of carbonyl (C=O) groups excluding carboxylic acids is 1. The minimum absolute atomic E-state index is 0.0980. The standard InChI is InChI=1S/C25H25N3O5S/c1-3-33-19-10-8-17(9-11-19)15-28-24(30)23-20(12-13-34-23)27(25(28)31)16-22(29)26-14-18-6-4-5-7-21(18)32-2/h4-13H,3,14-16H2,1-2H3,(H,26,29). The van der Waals surface area contributed by atoms with E-state index in [0.29, 0.717) is 22.6 Å². The summed E-state index contributed by atoms with van der Waals surface area (Å²) in [5.74, 6) is 1.05. The first-order chi connectivity index (χ1) is 16.5. The average Bonchev–Trinajstić information content (AvgIpc) is 3.34. The Balaban J connectivity index is 1.60. The summed E-state index contributed by atoms with van der Waals surface area (Å²) in [4.78, 5) is 39.1. The van der Waals surface area contributed by atoms with Crippen LogP contribution in [0.25, 0.3) is 10.2 Å². The second kappa shape index (κ2) is 10.4. The molecule has 9 heteroatoms. The summed E-state index contributed by atoms with van der Waals surface area (Å²) in [6.45, 7) is 2.61. The molecule has 0 aliphatic heterocycles. The Morgan fingerprint density at radius 1 is 1.03 bits per heavy atom. The van der Waals surface area contributed by atoms with E-state index in [0.717, 1.165) is 16.9 Å². The Bertz CT molecular complexity index is 1420. The molecule has 0 atom stereocenters. The van der Waals surface area contributed by atoms with Gasteiger partial charge in [-0.15, -0.1) is 11.3 Å². The van der Waals surface area contributed by atoms with Gasteiger partial charge >= 0.3 is 5.69 Å². The van der Waals surface area contributed by atoms with Gasteiger partial charge in [0.25, 0.3) is 5.56 Å². The molecule has 0 bridgehead atoms. The summed E-state index contributed by atoms with van der Waals surface area (Å²) in [7, 11) is 1.57. The Morgan fingerprint density at radius 3 is 2.53 bits per heavy atom. The van der Waals surface area contributed by atoms with E-state index in [2.05, 4.69) is 5.32 Å². The van der Waals surface area contributed by atoms with Crippen LogP contribution in [0.3, 0.4) is 0 Å². The molecule has 176 valence electrons. The number of benzene rings is 2. The van der Waals surface area contributed by atoms with Gasteiger partial charge in [0.15, 0.2) is 0 Å². The molecule has 4 aromatic rings. The number of nitrogens with zero attached hydrogens (tertiary/aromatic N) is 2. The van der Waals surface area contributed by atoms with E-state index in [9.17, 15) is 14.4 Å². The maximum atomic E-state index is 13.3. The number of hydrogen-bond acceptors (Lipinski definition) is 6. The number of thiophene rings is 1. The number of para-hydroxylation sites is 1. The van der Waals surface area contributed by atoms with Crippen molar-refractivity contribution in [3.05, 3.63) is 91.9 Å². The molecule has 2 aromatic heterocycles. The lowest BCUT2D eigenvalue weighted by Crippen LogP contribution is -2.42. The number of amides is 1. The van der Waals surface area contributed by atoms with Crippen molar-refractivity contribution >= 4 is 27.5 Å². The van der Waals surface area contributed by atoms with Gasteiger partial charge in [0.05, 0.1) is 25.8 Å². The number of aromatic nitrogens is 2. The van der Waals surface area contributed by atoms with Crippen LogP contribution < -0.4 is 26.0 Å². The van der Waals surface area contributed by atoms with Crippen LogP contribution in [-0.4, -0.2) is 28.8 Å². The van der Waals surface area contributed by atoms with Gasteiger partial charge in [-0.05, 0) is 42.1 Å². The van der Waals surface area contributed by atoms with E-state index in [-0.39, 0.29) is 31.1 Å². The first-order valence-corrected chi connectivity index (χ1v) is 11.7. The lowest BCUT2D eigenvalue weighted by Gasteiger charge is -2.13. The number of hydrogen-bond donors (Lipinski definition) is 1. The number of nitrogens with one attached hydrogen (secondary N) is 1. The van der Waals surface area contributed by atoms with Crippen LogP contribution in [-0.2, 0) is 24.4 Å². The Morgan fingerprint density at radius 2 is 1.79 bits per heavy atom. The second-order valence-corrected chi connectivity index (χ2v) is 8.48. The normalized spacial score (nSPS) is 10.9. The van der Waals surface area contributed by atoms with Crippen molar-refractivity contribution in [1.29, 1.82) is 0 Å². The summed E-state index contributed by atoms with van der Waals surface area (Å²) in [5.41, 5.74) is 1.17. The van der Waals surface area contributed by atoms with Crippen LogP contribution in [0, 0.1) is 0 Å². The van der Waals surface area contributed by atoms with Crippen LogP contribution in [0.4, 0.5) is 0 Å².